The molecule has 0 atom stereocenters. The molecule has 1 saturated carbocycles. The van der Waals surface area contributed by atoms with Gasteiger partial charge in [0.2, 0.25) is 5.91 Å². The molecule has 4 N–H and O–H groups in total. The molecule has 3 heterocycles. The smallest absolute Gasteiger partial charge is 0.220 e. The molecule has 174 valence electrons. The number of fused-ring (bicyclic) bond motifs is 2. The Bertz CT molecular complexity index is 1550. The molecule has 0 aliphatic heterocycles. The van der Waals surface area contributed by atoms with Crippen LogP contribution in [-0.2, 0) is 4.79 Å². The largest absolute Gasteiger partial charge is 0.382 e. The number of nitrogens with zero attached hydrogens (tertiary/aromatic N) is 4. The van der Waals surface area contributed by atoms with E-state index in [0.717, 1.165) is 70.4 Å². The first-order valence-electron chi connectivity index (χ1n) is 12.0. The van der Waals surface area contributed by atoms with Crippen LogP contribution < -0.4 is 11.5 Å². The number of amides is 1. The SMILES string of the molecule is Nc1nccn2c1c(-c1ccc3ccc(-c4ccccc4)nc3c1)nc2[C@H]1CC[C@H](C(N)=O)CC1. The maximum absolute atomic E-state index is 11.6. The van der Waals surface area contributed by atoms with Gasteiger partial charge in [0.25, 0.3) is 0 Å². The number of carbonyl (C=O) groups excluding carboxylic acids is 1. The second kappa shape index (κ2) is 8.51. The number of nitrogen functional groups attached to an aromatic ring is 1. The van der Waals surface area contributed by atoms with Crippen molar-refractivity contribution in [1.29, 1.82) is 0 Å². The van der Waals surface area contributed by atoms with Crippen LogP contribution >= 0.6 is 0 Å². The lowest BCUT2D eigenvalue weighted by molar-refractivity contribution is -0.122. The minimum absolute atomic E-state index is 0.0472. The predicted molar refractivity (Wildman–Crippen MR) is 137 cm³/mol. The van der Waals surface area contributed by atoms with Crippen molar-refractivity contribution in [2.75, 3.05) is 5.73 Å². The van der Waals surface area contributed by atoms with Crippen LogP contribution in [0.3, 0.4) is 0 Å². The zero-order valence-corrected chi connectivity index (χ0v) is 19.3. The van der Waals surface area contributed by atoms with Crippen molar-refractivity contribution in [2.24, 2.45) is 11.7 Å². The van der Waals surface area contributed by atoms with Crippen molar-refractivity contribution >= 4 is 28.1 Å². The number of primary amides is 1. The van der Waals surface area contributed by atoms with Crippen molar-refractivity contribution in [2.45, 2.75) is 31.6 Å². The number of hydrogen-bond acceptors (Lipinski definition) is 5. The Labute approximate surface area is 202 Å². The van der Waals surface area contributed by atoms with Crippen LogP contribution in [0.25, 0.3) is 38.9 Å². The lowest BCUT2D eigenvalue weighted by atomic mass is 9.81. The third-order valence-electron chi connectivity index (χ3n) is 7.14. The fourth-order valence-corrected chi connectivity index (χ4v) is 5.25. The van der Waals surface area contributed by atoms with Gasteiger partial charge in [-0.15, -0.1) is 0 Å². The minimum atomic E-state index is -0.205. The molecule has 0 unspecified atom stereocenters. The summed E-state index contributed by atoms with van der Waals surface area (Å²) in [5.41, 5.74) is 17.4. The van der Waals surface area contributed by atoms with Gasteiger partial charge in [0, 0.05) is 40.7 Å². The number of anilines is 1. The van der Waals surface area contributed by atoms with Crippen LogP contribution in [0.4, 0.5) is 5.82 Å². The quantitative estimate of drug-likeness (QED) is 0.392. The Morgan fingerprint density at radius 1 is 0.914 bits per heavy atom. The molecular formula is C28H26N6O. The highest BCUT2D eigenvalue weighted by molar-refractivity contribution is 5.91. The average Bonchev–Trinajstić information content (AvgIpc) is 3.30. The van der Waals surface area contributed by atoms with E-state index in [2.05, 4.69) is 45.8 Å². The van der Waals surface area contributed by atoms with Crippen LogP contribution in [0.2, 0.25) is 0 Å². The summed E-state index contributed by atoms with van der Waals surface area (Å²) < 4.78 is 2.06. The normalized spacial score (nSPS) is 18.2. The van der Waals surface area contributed by atoms with E-state index in [9.17, 15) is 4.79 Å². The fourth-order valence-electron chi connectivity index (χ4n) is 5.25. The number of aromatic nitrogens is 4. The third-order valence-corrected chi connectivity index (χ3v) is 7.14. The van der Waals surface area contributed by atoms with Crippen molar-refractivity contribution in [3.05, 3.63) is 78.9 Å². The van der Waals surface area contributed by atoms with Crippen LogP contribution in [-0.4, -0.2) is 25.3 Å². The summed E-state index contributed by atoms with van der Waals surface area (Å²) >= 11 is 0. The van der Waals surface area contributed by atoms with Gasteiger partial charge in [-0.25, -0.2) is 15.0 Å². The lowest BCUT2D eigenvalue weighted by Crippen LogP contribution is -2.27. The second-order valence-electron chi connectivity index (χ2n) is 9.27. The third kappa shape index (κ3) is 3.79. The van der Waals surface area contributed by atoms with Gasteiger partial charge in [-0.1, -0.05) is 48.5 Å². The zero-order valence-electron chi connectivity index (χ0n) is 19.3. The number of benzene rings is 2. The van der Waals surface area contributed by atoms with E-state index >= 15 is 0 Å². The van der Waals surface area contributed by atoms with Crippen LogP contribution in [0.5, 0.6) is 0 Å². The Balaban J connectivity index is 1.44. The molecular weight excluding hydrogens is 436 g/mol. The predicted octanol–water partition coefficient (Wildman–Crippen LogP) is 4.95. The van der Waals surface area contributed by atoms with E-state index in [4.69, 9.17) is 21.4 Å². The molecule has 0 saturated heterocycles. The average molecular weight is 463 g/mol. The molecule has 3 aromatic heterocycles. The summed E-state index contributed by atoms with van der Waals surface area (Å²) in [6.07, 6.45) is 6.94. The van der Waals surface area contributed by atoms with E-state index in [-0.39, 0.29) is 17.7 Å². The van der Waals surface area contributed by atoms with Gasteiger partial charge in [-0.3, -0.25) is 9.20 Å². The molecule has 2 aromatic carbocycles. The summed E-state index contributed by atoms with van der Waals surface area (Å²) in [5.74, 6) is 1.38. The van der Waals surface area contributed by atoms with Gasteiger partial charge in [0.1, 0.15) is 22.9 Å². The summed E-state index contributed by atoms with van der Waals surface area (Å²) in [4.78, 5) is 26.0. The highest BCUT2D eigenvalue weighted by Crippen LogP contribution is 2.39. The molecule has 1 fully saturated rings. The summed E-state index contributed by atoms with van der Waals surface area (Å²) in [6.45, 7) is 0. The first-order chi connectivity index (χ1) is 17.1. The van der Waals surface area contributed by atoms with Crippen molar-refractivity contribution in [1.82, 2.24) is 19.4 Å². The van der Waals surface area contributed by atoms with Gasteiger partial charge < -0.3 is 11.5 Å². The van der Waals surface area contributed by atoms with Gasteiger partial charge in [0.05, 0.1) is 11.2 Å². The number of imidazole rings is 1. The molecule has 5 aromatic rings. The Hall–Kier alpha value is -4.26. The molecule has 1 aliphatic rings. The minimum Gasteiger partial charge on any atom is -0.382 e. The number of nitrogens with two attached hydrogens (primary N) is 2. The standard InChI is InChI=1S/C28H26N6O/c29-26-25-24(33-28(34(25)15-14-31-26)20-9-7-19(8-10-20)27(30)35)21-11-6-18-12-13-22(32-23(18)16-21)17-4-2-1-3-5-17/h1-6,11-16,19-20H,7-10H2,(H2,29,31)(H2,30,35)/t19-,20-. The summed E-state index contributed by atoms with van der Waals surface area (Å²) in [6, 6.07) is 20.5. The lowest BCUT2D eigenvalue weighted by Gasteiger charge is -2.25. The highest BCUT2D eigenvalue weighted by Gasteiger charge is 2.29. The van der Waals surface area contributed by atoms with Gasteiger partial charge in [-0.05, 0) is 37.8 Å². The van der Waals surface area contributed by atoms with Crippen molar-refractivity contribution in [3.63, 3.8) is 0 Å². The molecule has 7 heteroatoms. The van der Waals surface area contributed by atoms with Crippen LogP contribution in [0.15, 0.2) is 73.1 Å². The second-order valence-corrected chi connectivity index (χ2v) is 9.27. The first-order valence-corrected chi connectivity index (χ1v) is 12.0. The molecule has 7 nitrogen and oxygen atoms in total. The van der Waals surface area contributed by atoms with E-state index in [1.165, 1.54) is 0 Å². The zero-order chi connectivity index (χ0) is 23.9. The van der Waals surface area contributed by atoms with Gasteiger partial charge >= 0.3 is 0 Å². The van der Waals surface area contributed by atoms with E-state index in [1.54, 1.807) is 6.20 Å². The van der Waals surface area contributed by atoms with E-state index in [1.807, 2.05) is 30.5 Å². The van der Waals surface area contributed by atoms with Gasteiger partial charge in [0.15, 0.2) is 0 Å². The summed E-state index contributed by atoms with van der Waals surface area (Å²) in [5, 5.41) is 1.06. The summed E-state index contributed by atoms with van der Waals surface area (Å²) in [7, 11) is 0. The number of carbonyl (C=O) groups is 1. The number of pyridine rings is 1. The maximum Gasteiger partial charge on any atom is 0.220 e. The van der Waals surface area contributed by atoms with Crippen LogP contribution in [0, 0.1) is 5.92 Å². The fraction of sp³-hybridized carbons (Fsp3) is 0.214. The Kier molecular flexibility index (Phi) is 5.17. The molecule has 1 aliphatic carbocycles. The van der Waals surface area contributed by atoms with Crippen molar-refractivity contribution < 1.29 is 4.79 Å². The molecule has 1 amide bonds. The monoisotopic (exact) mass is 462 g/mol. The Morgan fingerprint density at radius 3 is 2.46 bits per heavy atom. The molecule has 0 bridgehead atoms. The number of hydrogen-bond donors (Lipinski definition) is 2. The number of rotatable bonds is 4. The molecule has 6 rings (SSSR count). The van der Waals surface area contributed by atoms with E-state index < -0.39 is 0 Å². The first kappa shape index (κ1) is 21.3. The topological polar surface area (TPSA) is 112 Å². The molecule has 35 heavy (non-hydrogen) atoms. The Morgan fingerprint density at radius 2 is 1.69 bits per heavy atom. The van der Waals surface area contributed by atoms with E-state index in [0.29, 0.717) is 5.82 Å². The highest BCUT2D eigenvalue weighted by atomic mass is 16.1. The van der Waals surface area contributed by atoms with Crippen LogP contribution in [0.1, 0.15) is 37.4 Å². The maximum atomic E-state index is 11.6. The molecule has 0 radical (unpaired) electrons. The van der Waals surface area contributed by atoms with Gasteiger partial charge in [-0.2, -0.15) is 0 Å². The molecule has 0 spiro atoms. The van der Waals surface area contributed by atoms with Crippen molar-refractivity contribution in [3.8, 4) is 22.5 Å².